The van der Waals surface area contributed by atoms with E-state index < -0.39 is 0 Å². The van der Waals surface area contributed by atoms with Crippen LogP contribution in [-0.2, 0) is 11.3 Å². The summed E-state index contributed by atoms with van der Waals surface area (Å²) in [4.78, 5) is 6.47. The van der Waals surface area contributed by atoms with Gasteiger partial charge in [-0.05, 0) is 13.1 Å². The van der Waals surface area contributed by atoms with E-state index in [1.54, 1.807) is 14.2 Å². The number of methoxy groups -OCH3 is 2. The van der Waals surface area contributed by atoms with Crippen molar-refractivity contribution in [3.8, 4) is 5.88 Å². The van der Waals surface area contributed by atoms with E-state index in [1.807, 2.05) is 25.2 Å². The summed E-state index contributed by atoms with van der Waals surface area (Å²) in [5.74, 6) is 0.636. The fourth-order valence-corrected chi connectivity index (χ4v) is 1.67. The number of ether oxygens (including phenoxy) is 2. The highest BCUT2D eigenvalue weighted by molar-refractivity contribution is 5.15. The molecule has 1 unspecified atom stereocenters. The molecule has 1 aromatic heterocycles. The van der Waals surface area contributed by atoms with Crippen LogP contribution in [0.1, 0.15) is 5.69 Å². The number of nitrogens with zero attached hydrogens (tertiary/aromatic N) is 2. The highest BCUT2D eigenvalue weighted by Crippen LogP contribution is 2.08. The summed E-state index contributed by atoms with van der Waals surface area (Å²) in [5.41, 5.74) is 6.85. The molecule has 0 amide bonds. The standard InChI is InChI=1S/C12H21N3O2/c1-15(7-10(13)9-16-2)8-11-5-4-6-12(14-11)17-3/h4-6,10H,7-9,13H2,1-3H3. The molecule has 96 valence electrons. The molecule has 0 spiro atoms. The SMILES string of the molecule is COCC(N)CN(C)Cc1cccc(OC)n1. The number of rotatable bonds is 7. The van der Waals surface area contributed by atoms with E-state index in [-0.39, 0.29) is 6.04 Å². The predicted octanol–water partition coefficient (Wildman–Crippen LogP) is 0.496. The lowest BCUT2D eigenvalue weighted by atomic mass is 10.3. The van der Waals surface area contributed by atoms with Crippen molar-refractivity contribution in [2.24, 2.45) is 5.73 Å². The summed E-state index contributed by atoms with van der Waals surface area (Å²) in [6, 6.07) is 5.76. The molecule has 1 heterocycles. The maximum atomic E-state index is 5.88. The third-order valence-electron chi connectivity index (χ3n) is 2.35. The van der Waals surface area contributed by atoms with E-state index in [4.69, 9.17) is 15.2 Å². The highest BCUT2D eigenvalue weighted by atomic mass is 16.5. The lowest BCUT2D eigenvalue weighted by Crippen LogP contribution is -2.38. The summed E-state index contributed by atoms with van der Waals surface area (Å²) in [6.07, 6.45) is 0. The molecule has 0 aromatic carbocycles. The Morgan fingerprint density at radius 2 is 2.18 bits per heavy atom. The van der Waals surface area contributed by atoms with Crippen molar-refractivity contribution in [3.63, 3.8) is 0 Å². The Morgan fingerprint density at radius 3 is 2.82 bits per heavy atom. The van der Waals surface area contributed by atoms with E-state index in [9.17, 15) is 0 Å². The van der Waals surface area contributed by atoms with E-state index in [1.165, 1.54) is 0 Å². The van der Waals surface area contributed by atoms with Crippen LogP contribution in [0.5, 0.6) is 5.88 Å². The zero-order valence-corrected chi connectivity index (χ0v) is 10.7. The second-order valence-corrected chi connectivity index (χ2v) is 4.08. The summed E-state index contributed by atoms with van der Waals surface area (Å²) in [5, 5.41) is 0. The molecule has 0 aliphatic carbocycles. The van der Waals surface area contributed by atoms with E-state index in [0.29, 0.717) is 12.5 Å². The lowest BCUT2D eigenvalue weighted by Gasteiger charge is -2.20. The van der Waals surface area contributed by atoms with Crippen LogP contribution in [0.4, 0.5) is 0 Å². The molecule has 5 nitrogen and oxygen atoms in total. The van der Waals surface area contributed by atoms with Crippen molar-refractivity contribution in [1.82, 2.24) is 9.88 Å². The highest BCUT2D eigenvalue weighted by Gasteiger charge is 2.08. The minimum absolute atomic E-state index is 0.0237. The first-order valence-electron chi connectivity index (χ1n) is 5.58. The van der Waals surface area contributed by atoms with Crippen LogP contribution in [0.3, 0.4) is 0 Å². The van der Waals surface area contributed by atoms with Gasteiger partial charge < -0.3 is 15.2 Å². The largest absolute Gasteiger partial charge is 0.481 e. The van der Waals surface area contributed by atoms with Crippen LogP contribution in [0.15, 0.2) is 18.2 Å². The van der Waals surface area contributed by atoms with Crippen molar-refractivity contribution >= 4 is 0 Å². The fraction of sp³-hybridized carbons (Fsp3) is 0.583. The quantitative estimate of drug-likeness (QED) is 0.750. The van der Waals surface area contributed by atoms with Crippen LogP contribution >= 0.6 is 0 Å². The monoisotopic (exact) mass is 239 g/mol. The van der Waals surface area contributed by atoms with Gasteiger partial charge in [0.25, 0.3) is 0 Å². The molecule has 0 aliphatic rings. The summed E-state index contributed by atoms with van der Waals surface area (Å²) in [7, 11) is 5.28. The second-order valence-electron chi connectivity index (χ2n) is 4.08. The van der Waals surface area contributed by atoms with Gasteiger partial charge >= 0.3 is 0 Å². The first-order chi connectivity index (χ1) is 8.15. The van der Waals surface area contributed by atoms with Crippen LogP contribution in [0.2, 0.25) is 0 Å². The average Bonchev–Trinajstić information content (AvgIpc) is 2.29. The average molecular weight is 239 g/mol. The van der Waals surface area contributed by atoms with Crippen LogP contribution in [-0.4, -0.2) is 50.3 Å². The number of aromatic nitrogens is 1. The molecule has 0 aliphatic heterocycles. The third kappa shape index (κ3) is 5.12. The number of hydrogen-bond donors (Lipinski definition) is 1. The molecule has 2 N–H and O–H groups in total. The first-order valence-corrected chi connectivity index (χ1v) is 5.58. The van der Waals surface area contributed by atoms with Crippen LogP contribution in [0, 0.1) is 0 Å². The van der Waals surface area contributed by atoms with Crippen molar-refractivity contribution in [2.45, 2.75) is 12.6 Å². The van der Waals surface area contributed by atoms with Crippen molar-refractivity contribution in [2.75, 3.05) is 34.4 Å². The summed E-state index contributed by atoms with van der Waals surface area (Å²) < 4.78 is 10.1. The molecule has 0 saturated heterocycles. The molecule has 1 atom stereocenters. The van der Waals surface area contributed by atoms with Crippen LogP contribution < -0.4 is 10.5 Å². The van der Waals surface area contributed by atoms with Gasteiger partial charge in [-0.2, -0.15) is 0 Å². The number of pyridine rings is 1. The third-order valence-corrected chi connectivity index (χ3v) is 2.35. The van der Waals surface area contributed by atoms with Gasteiger partial charge in [0, 0.05) is 32.3 Å². The summed E-state index contributed by atoms with van der Waals surface area (Å²) in [6.45, 7) is 2.08. The van der Waals surface area contributed by atoms with Gasteiger partial charge in [-0.15, -0.1) is 0 Å². The maximum Gasteiger partial charge on any atom is 0.213 e. The Hall–Kier alpha value is -1.17. The van der Waals surface area contributed by atoms with E-state index in [0.717, 1.165) is 18.8 Å². The molecule has 1 aromatic rings. The molecular formula is C12H21N3O2. The first kappa shape index (κ1) is 13.9. The lowest BCUT2D eigenvalue weighted by molar-refractivity contribution is 0.159. The molecule has 1 rings (SSSR count). The number of nitrogens with two attached hydrogens (primary N) is 1. The van der Waals surface area contributed by atoms with Gasteiger partial charge in [0.15, 0.2) is 0 Å². The van der Waals surface area contributed by atoms with Gasteiger partial charge in [-0.3, -0.25) is 4.90 Å². The Bertz CT molecular complexity index is 333. The van der Waals surface area contributed by atoms with Gasteiger partial charge in [0.1, 0.15) is 0 Å². The van der Waals surface area contributed by atoms with Gasteiger partial charge in [0.2, 0.25) is 5.88 Å². The zero-order valence-electron chi connectivity index (χ0n) is 10.7. The van der Waals surface area contributed by atoms with E-state index >= 15 is 0 Å². The Balaban J connectivity index is 2.46. The van der Waals surface area contributed by atoms with Crippen molar-refractivity contribution in [3.05, 3.63) is 23.9 Å². The van der Waals surface area contributed by atoms with Crippen molar-refractivity contribution in [1.29, 1.82) is 0 Å². The Kier molecular flexibility index (Phi) is 5.90. The smallest absolute Gasteiger partial charge is 0.213 e. The van der Waals surface area contributed by atoms with Crippen LogP contribution in [0.25, 0.3) is 0 Å². The zero-order chi connectivity index (χ0) is 12.7. The Morgan fingerprint density at radius 1 is 1.41 bits per heavy atom. The molecule has 5 heteroatoms. The Labute approximate surface area is 103 Å². The molecule has 0 bridgehead atoms. The topological polar surface area (TPSA) is 60.6 Å². The van der Waals surface area contributed by atoms with E-state index in [2.05, 4.69) is 9.88 Å². The molecular weight excluding hydrogens is 218 g/mol. The molecule has 17 heavy (non-hydrogen) atoms. The van der Waals surface area contributed by atoms with Gasteiger partial charge in [0.05, 0.1) is 19.4 Å². The minimum atomic E-state index is 0.0237. The maximum absolute atomic E-state index is 5.88. The second kappa shape index (κ2) is 7.21. The van der Waals surface area contributed by atoms with Gasteiger partial charge in [-0.25, -0.2) is 4.98 Å². The predicted molar refractivity (Wildman–Crippen MR) is 67.0 cm³/mol. The number of likely N-dealkylation sites (N-methyl/N-ethyl adjacent to an activating group) is 1. The molecule has 0 fully saturated rings. The summed E-state index contributed by atoms with van der Waals surface area (Å²) >= 11 is 0. The van der Waals surface area contributed by atoms with Crippen molar-refractivity contribution < 1.29 is 9.47 Å². The molecule has 0 radical (unpaired) electrons. The minimum Gasteiger partial charge on any atom is -0.481 e. The fourth-order valence-electron chi connectivity index (χ4n) is 1.67. The van der Waals surface area contributed by atoms with Gasteiger partial charge in [-0.1, -0.05) is 6.07 Å². The normalized spacial score (nSPS) is 12.8. The molecule has 0 saturated carbocycles. The number of hydrogen-bond acceptors (Lipinski definition) is 5.